The maximum absolute atomic E-state index is 10.8. The Morgan fingerprint density at radius 2 is 2.31 bits per heavy atom. The molecule has 0 aromatic heterocycles. The Hall–Kier alpha value is -0.810. The topological polar surface area (TPSA) is 46.3 Å². The minimum Gasteiger partial charge on any atom is -0.350 e. The van der Waals surface area contributed by atoms with E-state index in [0.717, 1.165) is 9.20 Å². The second-order valence-corrected chi connectivity index (χ2v) is 3.63. The minimum absolute atomic E-state index is 0.582. The molecule has 0 aliphatic carbocycles. The van der Waals surface area contributed by atoms with E-state index in [0.29, 0.717) is 5.69 Å². The number of nitrogens with two attached hydrogens (primary N) is 1. The lowest BCUT2D eigenvalue weighted by atomic mass is 10.3. The van der Waals surface area contributed by atoms with E-state index in [1.54, 1.807) is 17.8 Å². The Labute approximate surface area is 86.8 Å². The fourth-order valence-corrected chi connectivity index (χ4v) is 1.45. The summed E-state index contributed by atoms with van der Waals surface area (Å²) < 4.78 is 1.11. The van der Waals surface area contributed by atoms with E-state index in [1.165, 1.54) is 0 Å². The molecule has 1 rings (SSSR count). The molecule has 1 aromatic rings. The summed E-state index contributed by atoms with van der Waals surface area (Å²) in [6, 6.07) is 6.85. The Kier molecular flexibility index (Phi) is 3.50. The van der Waals surface area contributed by atoms with Crippen molar-refractivity contribution >= 4 is 36.3 Å². The summed E-state index contributed by atoms with van der Waals surface area (Å²) in [6.07, 6.45) is 1.96. The number of amides is 2. The van der Waals surface area contributed by atoms with Crippen LogP contribution < -0.4 is 10.0 Å². The molecule has 13 heavy (non-hydrogen) atoms. The van der Waals surface area contributed by atoms with E-state index in [9.17, 15) is 4.79 Å². The summed E-state index contributed by atoms with van der Waals surface area (Å²) >= 11 is 5.55. The molecule has 0 unspecified atom stereocenters. The van der Waals surface area contributed by atoms with Crippen LogP contribution in [0.3, 0.4) is 0 Å². The lowest BCUT2D eigenvalue weighted by molar-refractivity contribution is 0.257. The molecule has 5 heteroatoms. The second-order valence-electron chi connectivity index (χ2n) is 2.35. The first-order valence-electron chi connectivity index (χ1n) is 3.57. The highest BCUT2D eigenvalue weighted by Gasteiger charge is 2.07. The zero-order chi connectivity index (χ0) is 9.84. The third kappa shape index (κ3) is 2.57. The van der Waals surface area contributed by atoms with Gasteiger partial charge in [0.1, 0.15) is 0 Å². The number of rotatable bonds is 2. The van der Waals surface area contributed by atoms with E-state index in [2.05, 4.69) is 12.8 Å². The highest BCUT2D eigenvalue weighted by atomic mass is 32.2. The van der Waals surface area contributed by atoms with Gasteiger partial charge in [0, 0.05) is 4.90 Å². The quantitative estimate of drug-likeness (QED) is 0.585. The molecule has 0 aliphatic rings. The summed E-state index contributed by atoms with van der Waals surface area (Å²) in [5.74, 6) is 0. The van der Waals surface area contributed by atoms with E-state index < -0.39 is 6.03 Å². The molecule has 0 heterocycles. The SMILES string of the molecule is CSc1cccc(N(S)C(N)=O)c1. The molecule has 0 bridgehead atoms. The van der Waals surface area contributed by atoms with Gasteiger partial charge >= 0.3 is 6.03 Å². The number of anilines is 1. The average Bonchev–Trinajstić information content (AvgIpc) is 2.16. The number of benzene rings is 1. The molecule has 2 N–H and O–H groups in total. The van der Waals surface area contributed by atoms with Crippen molar-refractivity contribution in [2.24, 2.45) is 5.73 Å². The fourth-order valence-electron chi connectivity index (χ4n) is 0.869. The molecule has 0 aliphatic heterocycles. The van der Waals surface area contributed by atoms with Crippen LogP contribution in [0.15, 0.2) is 29.2 Å². The van der Waals surface area contributed by atoms with Crippen LogP contribution in [-0.4, -0.2) is 12.3 Å². The summed E-state index contributed by atoms with van der Waals surface area (Å²) in [6.45, 7) is 0. The third-order valence-corrected chi connectivity index (χ3v) is 2.66. The van der Waals surface area contributed by atoms with Gasteiger partial charge in [-0.25, -0.2) is 9.10 Å². The Bertz CT molecular complexity index is 317. The number of hydrogen-bond acceptors (Lipinski definition) is 3. The van der Waals surface area contributed by atoms with Crippen molar-refractivity contribution in [3.63, 3.8) is 0 Å². The van der Waals surface area contributed by atoms with Gasteiger partial charge in [0.15, 0.2) is 0 Å². The van der Waals surface area contributed by atoms with Crippen LogP contribution in [0.25, 0.3) is 0 Å². The van der Waals surface area contributed by atoms with Crippen LogP contribution in [0.5, 0.6) is 0 Å². The largest absolute Gasteiger partial charge is 0.350 e. The summed E-state index contributed by atoms with van der Waals surface area (Å²) in [4.78, 5) is 11.8. The van der Waals surface area contributed by atoms with Crippen molar-refractivity contribution in [2.75, 3.05) is 10.6 Å². The van der Waals surface area contributed by atoms with Crippen molar-refractivity contribution in [3.05, 3.63) is 24.3 Å². The van der Waals surface area contributed by atoms with Crippen LogP contribution in [-0.2, 0) is 0 Å². The normalized spacial score (nSPS) is 9.69. The molecule has 2 amide bonds. The molecule has 0 saturated carbocycles. The lowest BCUT2D eigenvalue weighted by Gasteiger charge is -2.12. The Morgan fingerprint density at radius 3 is 2.85 bits per heavy atom. The number of primary amides is 1. The zero-order valence-electron chi connectivity index (χ0n) is 7.10. The smallest absolute Gasteiger partial charge is 0.329 e. The van der Waals surface area contributed by atoms with Gasteiger partial charge in [-0.15, -0.1) is 11.8 Å². The van der Waals surface area contributed by atoms with Crippen molar-refractivity contribution in [2.45, 2.75) is 4.90 Å². The standard InChI is InChI=1S/C8H10N2OS2/c1-13-7-4-2-3-6(5-7)10(12)8(9)11/h2-5,12H,1H3,(H2,9,11). The average molecular weight is 214 g/mol. The fraction of sp³-hybridized carbons (Fsp3) is 0.125. The molecular formula is C8H10N2OS2. The van der Waals surface area contributed by atoms with Crippen LogP contribution in [0.4, 0.5) is 10.5 Å². The van der Waals surface area contributed by atoms with Gasteiger partial charge < -0.3 is 5.73 Å². The van der Waals surface area contributed by atoms with Crippen molar-refractivity contribution in [3.8, 4) is 0 Å². The first-order valence-corrected chi connectivity index (χ1v) is 5.20. The monoisotopic (exact) mass is 214 g/mol. The predicted molar refractivity (Wildman–Crippen MR) is 59.3 cm³/mol. The van der Waals surface area contributed by atoms with E-state index in [-0.39, 0.29) is 0 Å². The molecule has 3 nitrogen and oxygen atoms in total. The molecule has 0 radical (unpaired) electrons. The molecule has 0 saturated heterocycles. The molecule has 0 atom stereocenters. The molecule has 0 spiro atoms. The highest BCUT2D eigenvalue weighted by molar-refractivity contribution is 7.98. The van der Waals surface area contributed by atoms with Gasteiger partial charge in [0.25, 0.3) is 0 Å². The Balaban J connectivity index is 2.94. The molecule has 1 aromatic carbocycles. The summed E-state index contributed by atoms with van der Waals surface area (Å²) in [5, 5.41) is 0. The minimum atomic E-state index is -0.582. The molecule has 0 fully saturated rings. The highest BCUT2D eigenvalue weighted by Crippen LogP contribution is 2.22. The van der Waals surface area contributed by atoms with Gasteiger partial charge in [-0.2, -0.15) is 0 Å². The predicted octanol–water partition coefficient (Wildman–Crippen LogP) is 2.14. The third-order valence-electron chi connectivity index (χ3n) is 1.51. The lowest BCUT2D eigenvalue weighted by Crippen LogP contribution is -2.27. The number of thioether (sulfide) groups is 1. The van der Waals surface area contributed by atoms with E-state index in [4.69, 9.17) is 5.73 Å². The second kappa shape index (κ2) is 4.43. The maximum atomic E-state index is 10.8. The van der Waals surface area contributed by atoms with Crippen LogP contribution in [0.2, 0.25) is 0 Å². The first-order chi connectivity index (χ1) is 6.15. The maximum Gasteiger partial charge on any atom is 0.329 e. The number of thiol groups is 1. The van der Waals surface area contributed by atoms with Gasteiger partial charge in [-0.1, -0.05) is 18.9 Å². The number of nitrogens with zero attached hydrogens (tertiary/aromatic N) is 1. The first kappa shape index (κ1) is 10.3. The summed E-state index contributed by atoms with van der Waals surface area (Å²) in [5.41, 5.74) is 5.75. The molecular weight excluding hydrogens is 204 g/mol. The van der Waals surface area contributed by atoms with Gasteiger partial charge in [0.2, 0.25) is 0 Å². The number of carbonyl (C=O) groups is 1. The van der Waals surface area contributed by atoms with Crippen LogP contribution in [0.1, 0.15) is 0 Å². The number of urea groups is 1. The van der Waals surface area contributed by atoms with Crippen LogP contribution in [0, 0.1) is 0 Å². The van der Waals surface area contributed by atoms with Crippen LogP contribution >= 0.6 is 24.6 Å². The van der Waals surface area contributed by atoms with Crippen molar-refractivity contribution in [1.29, 1.82) is 0 Å². The Morgan fingerprint density at radius 1 is 1.62 bits per heavy atom. The van der Waals surface area contributed by atoms with E-state index >= 15 is 0 Å². The van der Waals surface area contributed by atoms with E-state index in [1.807, 2.05) is 24.5 Å². The number of hydrogen-bond donors (Lipinski definition) is 2. The zero-order valence-corrected chi connectivity index (χ0v) is 8.81. The van der Waals surface area contributed by atoms with Gasteiger partial charge in [-0.3, -0.25) is 0 Å². The van der Waals surface area contributed by atoms with Gasteiger partial charge in [-0.05, 0) is 24.5 Å². The van der Waals surface area contributed by atoms with Gasteiger partial charge in [0.05, 0.1) is 5.69 Å². The van der Waals surface area contributed by atoms with Crippen molar-refractivity contribution < 1.29 is 4.79 Å². The van der Waals surface area contributed by atoms with Crippen molar-refractivity contribution in [1.82, 2.24) is 0 Å². The summed E-state index contributed by atoms with van der Waals surface area (Å²) in [7, 11) is 0. The number of carbonyl (C=O) groups excluding carboxylic acids is 1. The molecule has 70 valence electrons.